The van der Waals surface area contributed by atoms with E-state index in [2.05, 4.69) is 0 Å². The van der Waals surface area contributed by atoms with E-state index in [1.807, 2.05) is 6.92 Å². The van der Waals surface area contributed by atoms with E-state index in [1.54, 1.807) is 21.0 Å². The van der Waals surface area contributed by atoms with Crippen LogP contribution in [0.5, 0.6) is 5.75 Å². The summed E-state index contributed by atoms with van der Waals surface area (Å²) in [6.45, 7) is 3.83. The molecule has 1 amide bonds. The van der Waals surface area contributed by atoms with Crippen molar-refractivity contribution < 1.29 is 14.5 Å². The number of nitrogens with zero attached hydrogens (tertiary/aromatic N) is 2. The summed E-state index contributed by atoms with van der Waals surface area (Å²) in [5.74, 6) is -0.196. The van der Waals surface area contributed by atoms with Gasteiger partial charge in [0.25, 0.3) is 5.91 Å². The normalized spacial score (nSPS) is 13.4. The van der Waals surface area contributed by atoms with Crippen LogP contribution in [0.25, 0.3) is 0 Å². The molecular weight excluding hydrogens is 274 g/mol. The van der Waals surface area contributed by atoms with E-state index in [0.29, 0.717) is 12.0 Å². The molecule has 21 heavy (non-hydrogen) atoms. The van der Waals surface area contributed by atoms with Crippen molar-refractivity contribution in [2.24, 2.45) is 5.73 Å². The predicted molar refractivity (Wildman–Crippen MR) is 79.5 cm³/mol. The van der Waals surface area contributed by atoms with E-state index in [-0.39, 0.29) is 24.0 Å². The van der Waals surface area contributed by atoms with Crippen LogP contribution in [0.3, 0.4) is 0 Å². The standard InChI is InChI=1S/C14H21N3O4/c1-5-14(2,15)9-21-12-8-10(13(18)16(3)4)6-7-11(12)17(19)20/h6-8H,5,9,15H2,1-4H3. The highest BCUT2D eigenvalue weighted by molar-refractivity contribution is 5.94. The maximum absolute atomic E-state index is 11.9. The Kier molecular flexibility index (Phi) is 5.26. The first-order valence-corrected chi connectivity index (χ1v) is 6.59. The summed E-state index contributed by atoms with van der Waals surface area (Å²) < 4.78 is 5.49. The molecule has 1 aromatic rings. The molecule has 0 aliphatic carbocycles. The van der Waals surface area contributed by atoms with Gasteiger partial charge in [-0.05, 0) is 19.4 Å². The Labute approximate surface area is 123 Å². The number of ether oxygens (including phenoxy) is 1. The molecule has 0 fully saturated rings. The fourth-order valence-electron chi connectivity index (χ4n) is 1.52. The number of rotatable bonds is 6. The van der Waals surface area contributed by atoms with Gasteiger partial charge in [0.05, 0.1) is 4.92 Å². The monoisotopic (exact) mass is 295 g/mol. The van der Waals surface area contributed by atoms with Gasteiger partial charge in [0, 0.05) is 37.3 Å². The molecule has 0 radical (unpaired) electrons. The summed E-state index contributed by atoms with van der Waals surface area (Å²) in [5, 5.41) is 11.0. The quantitative estimate of drug-likeness (QED) is 0.637. The lowest BCUT2D eigenvalue weighted by atomic mass is 10.0. The Morgan fingerprint density at radius 1 is 1.48 bits per heavy atom. The molecule has 7 nitrogen and oxygen atoms in total. The Balaban J connectivity index is 3.10. The highest BCUT2D eigenvalue weighted by Gasteiger charge is 2.22. The zero-order chi connectivity index (χ0) is 16.2. The second-order valence-corrected chi connectivity index (χ2v) is 5.44. The molecule has 0 saturated heterocycles. The van der Waals surface area contributed by atoms with Gasteiger partial charge >= 0.3 is 5.69 Å². The minimum absolute atomic E-state index is 0.0535. The molecular formula is C14H21N3O4. The van der Waals surface area contributed by atoms with Gasteiger partial charge in [0.1, 0.15) is 6.61 Å². The average Bonchev–Trinajstić information content (AvgIpc) is 2.43. The van der Waals surface area contributed by atoms with Crippen LogP contribution in [-0.4, -0.2) is 42.0 Å². The number of benzene rings is 1. The van der Waals surface area contributed by atoms with E-state index < -0.39 is 10.5 Å². The van der Waals surface area contributed by atoms with Crippen molar-refractivity contribution in [1.29, 1.82) is 0 Å². The van der Waals surface area contributed by atoms with Crippen molar-refractivity contribution in [3.8, 4) is 5.75 Å². The first-order chi connectivity index (χ1) is 9.68. The van der Waals surface area contributed by atoms with Crippen molar-refractivity contribution in [3.05, 3.63) is 33.9 Å². The summed E-state index contributed by atoms with van der Waals surface area (Å²) in [4.78, 5) is 23.8. The summed E-state index contributed by atoms with van der Waals surface area (Å²) in [5.41, 5.74) is 5.52. The molecule has 7 heteroatoms. The van der Waals surface area contributed by atoms with Crippen molar-refractivity contribution >= 4 is 11.6 Å². The molecule has 0 saturated carbocycles. The zero-order valence-corrected chi connectivity index (χ0v) is 12.8. The number of carbonyl (C=O) groups is 1. The molecule has 1 atom stereocenters. The van der Waals surface area contributed by atoms with Crippen LogP contribution < -0.4 is 10.5 Å². The highest BCUT2D eigenvalue weighted by atomic mass is 16.6. The van der Waals surface area contributed by atoms with Crippen LogP contribution in [0.4, 0.5) is 5.69 Å². The summed E-state index contributed by atoms with van der Waals surface area (Å²) in [6.07, 6.45) is 0.664. The zero-order valence-electron chi connectivity index (χ0n) is 12.8. The largest absolute Gasteiger partial charge is 0.485 e. The molecule has 0 aromatic heterocycles. The molecule has 0 bridgehead atoms. The number of hydrogen-bond acceptors (Lipinski definition) is 5. The van der Waals surface area contributed by atoms with Gasteiger partial charge in [0.2, 0.25) is 0 Å². The van der Waals surface area contributed by atoms with Crippen LogP contribution in [0.1, 0.15) is 30.6 Å². The molecule has 0 spiro atoms. The lowest BCUT2D eigenvalue weighted by Gasteiger charge is -2.22. The minimum atomic E-state index is -0.588. The molecule has 0 aliphatic rings. The Morgan fingerprint density at radius 3 is 2.57 bits per heavy atom. The fraction of sp³-hybridized carbons (Fsp3) is 0.500. The maximum Gasteiger partial charge on any atom is 0.310 e. The number of carbonyl (C=O) groups excluding carboxylic acids is 1. The third kappa shape index (κ3) is 4.42. The number of amides is 1. The van der Waals surface area contributed by atoms with Crippen LogP contribution in [0.15, 0.2) is 18.2 Å². The number of nitro benzene ring substituents is 1. The Bertz CT molecular complexity index is 541. The van der Waals surface area contributed by atoms with E-state index in [1.165, 1.54) is 23.1 Å². The molecule has 0 heterocycles. The lowest BCUT2D eigenvalue weighted by molar-refractivity contribution is -0.385. The van der Waals surface area contributed by atoms with Gasteiger partial charge in [-0.2, -0.15) is 0 Å². The smallest absolute Gasteiger partial charge is 0.310 e. The Morgan fingerprint density at radius 2 is 2.10 bits per heavy atom. The summed E-state index contributed by atoms with van der Waals surface area (Å²) in [7, 11) is 3.22. The fourth-order valence-corrected chi connectivity index (χ4v) is 1.52. The van der Waals surface area contributed by atoms with Gasteiger partial charge < -0.3 is 15.4 Å². The number of hydrogen-bond donors (Lipinski definition) is 1. The first kappa shape index (κ1) is 16.9. The van der Waals surface area contributed by atoms with Crippen LogP contribution >= 0.6 is 0 Å². The van der Waals surface area contributed by atoms with Crippen molar-refractivity contribution in [1.82, 2.24) is 4.90 Å². The topological polar surface area (TPSA) is 98.7 Å². The van der Waals surface area contributed by atoms with Crippen molar-refractivity contribution in [3.63, 3.8) is 0 Å². The van der Waals surface area contributed by atoms with Gasteiger partial charge in [0.15, 0.2) is 5.75 Å². The molecule has 1 unspecified atom stereocenters. The summed E-state index contributed by atoms with van der Waals surface area (Å²) >= 11 is 0. The van der Waals surface area contributed by atoms with Gasteiger partial charge in [-0.1, -0.05) is 6.92 Å². The first-order valence-electron chi connectivity index (χ1n) is 6.59. The molecule has 116 valence electrons. The van der Waals surface area contributed by atoms with Gasteiger partial charge in [-0.25, -0.2) is 0 Å². The molecule has 1 aromatic carbocycles. The highest BCUT2D eigenvalue weighted by Crippen LogP contribution is 2.29. The average molecular weight is 295 g/mol. The van der Waals surface area contributed by atoms with Crippen molar-refractivity contribution in [2.75, 3.05) is 20.7 Å². The molecule has 2 N–H and O–H groups in total. The third-order valence-corrected chi connectivity index (χ3v) is 3.17. The lowest BCUT2D eigenvalue weighted by Crippen LogP contribution is -2.41. The SMILES string of the molecule is CCC(C)(N)COc1cc(C(=O)N(C)C)ccc1[N+](=O)[O-]. The number of nitro groups is 1. The Hall–Kier alpha value is -2.15. The second kappa shape index (κ2) is 6.53. The number of nitrogens with two attached hydrogens (primary N) is 1. The van der Waals surface area contributed by atoms with Gasteiger partial charge in [-0.15, -0.1) is 0 Å². The van der Waals surface area contributed by atoms with Crippen LogP contribution in [0.2, 0.25) is 0 Å². The minimum Gasteiger partial charge on any atom is -0.485 e. The second-order valence-electron chi connectivity index (χ2n) is 5.44. The third-order valence-electron chi connectivity index (χ3n) is 3.17. The van der Waals surface area contributed by atoms with Crippen molar-refractivity contribution in [2.45, 2.75) is 25.8 Å². The molecule has 1 rings (SSSR count). The van der Waals surface area contributed by atoms with E-state index >= 15 is 0 Å². The maximum atomic E-state index is 11.9. The van der Waals surface area contributed by atoms with E-state index in [9.17, 15) is 14.9 Å². The predicted octanol–water partition coefficient (Wildman–Crippen LogP) is 1.80. The van der Waals surface area contributed by atoms with Crippen LogP contribution in [0, 0.1) is 10.1 Å². The summed E-state index contributed by atoms with van der Waals surface area (Å²) in [6, 6.07) is 4.06. The van der Waals surface area contributed by atoms with E-state index in [0.717, 1.165) is 0 Å². The van der Waals surface area contributed by atoms with Gasteiger partial charge in [-0.3, -0.25) is 14.9 Å². The van der Waals surface area contributed by atoms with E-state index in [4.69, 9.17) is 10.5 Å². The van der Waals surface area contributed by atoms with Crippen LogP contribution in [-0.2, 0) is 0 Å². The molecule has 0 aliphatic heterocycles.